The third kappa shape index (κ3) is 3.56. The lowest BCUT2D eigenvalue weighted by atomic mass is 10.2. The smallest absolute Gasteiger partial charge is 0.233 e. The van der Waals surface area contributed by atoms with E-state index in [1.807, 2.05) is 45.0 Å². The van der Waals surface area contributed by atoms with Crippen LogP contribution in [0.4, 0.5) is 0 Å². The van der Waals surface area contributed by atoms with Gasteiger partial charge in [-0.05, 0) is 32.9 Å². The topological polar surface area (TPSA) is 70.7 Å². The molecule has 2 aromatic heterocycles. The molecule has 0 unspecified atom stereocenters. The van der Waals surface area contributed by atoms with Crippen LogP contribution in [0.3, 0.4) is 0 Å². The van der Waals surface area contributed by atoms with Gasteiger partial charge in [0.1, 0.15) is 0 Å². The van der Waals surface area contributed by atoms with Crippen molar-refractivity contribution in [2.75, 3.05) is 0 Å². The van der Waals surface area contributed by atoms with E-state index in [0.29, 0.717) is 6.54 Å². The van der Waals surface area contributed by atoms with Crippen LogP contribution in [-0.2, 0) is 11.3 Å². The second-order valence-electron chi connectivity index (χ2n) is 5.34. The summed E-state index contributed by atoms with van der Waals surface area (Å²) in [4.78, 5) is 16.9. The van der Waals surface area contributed by atoms with Crippen LogP contribution < -0.4 is 5.32 Å². The van der Waals surface area contributed by atoms with Gasteiger partial charge in [0.05, 0.1) is 21.2 Å². The number of aromatic nitrogens is 3. The van der Waals surface area contributed by atoms with E-state index in [4.69, 9.17) is 0 Å². The molecule has 120 valence electrons. The lowest BCUT2D eigenvalue weighted by molar-refractivity contribution is -0.120. The Morgan fingerprint density at radius 1 is 1.39 bits per heavy atom. The lowest BCUT2D eigenvalue weighted by Crippen LogP contribution is -2.30. The highest BCUT2D eigenvalue weighted by Gasteiger charge is 2.17. The minimum Gasteiger partial charge on any atom is -0.351 e. The number of fused-ring (bicyclic) bond motifs is 1. The number of nitrogens with one attached hydrogen (secondary N) is 2. The summed E-state index contributed by atoms with van der Waals surface area (Å²) in [6.07, 6.45) is 0. The molecule has 3 aromatic rings. The third-order valence-electron chi connectivity index (χ3n) is 3.64. The number of carbonyl (C=O) groups excluding carboxylic acids is 1. The van der Waals surface area contributed by atoms with Gasteiger partial charge in [-0.1, -0.05) is 23.9 Å². The normalized spacial score (nSPS) is 12.5. The van der Waals surface area contributed by atoms with E-state index in [1.54, 1.807) is 11.3 Å². The predicted octanol–water partition coefficient (Wildman–Crippen LogP) is 3.43. The third-order valence-corrected chi connectivity index (χ3v) is 5.87. The molecule has 0 saturated carbocycles. The fourth-order valence-electron chi connectivity index (χ4n) is 2.26. The summed E-state index contributed by atoms with van der Waals surface area (Å²) in [6, 6.07) is 8.01. The molecule has 0 radical (unpaired) electrons. The van der Waals surface area contributed by atoms with Crippen molar-refractivity contribution in [1.82, 2.24) is 20.5 Å². The molecule has 0 aliphatic rings. The van der Waals surface area contributed by atoms with E-state index < -0.39 is 0 Å². The number of nitrogens with zero attached hydrogens (tertiary/aromatic N) is 2. The summed E-state index contributed by atoms with van der Waals surface area (Å²) < 4.78 is 2.07. The minimum absolute atomic E-state index is 0.00857. The maximum absolute atomic E-state index is 12.3. The Labute approximate surface area is 142 Å². The first-order valence-electron chi connectivity index (χ1n) is 7.35. The number of rotatable bonds is 5. The van der Waals surface area contributed by atoms with Crippen molar-refractivity contribution in [2.24, 2.45) is 0 Å². The van der Waals surface area contributed by atoms with E-state index in [9.17, 15) is 4.79 Å². The quantitative estimate of drug-likeness (QED) is 0.694. The lowest BCUT2D eigenvalue weighted by Gasteiger charge is -2.10. The summed E-state index contributed by atoms with van der Waals surface area (Å²) in [6.45, 7) is 6.30. The molecule has 23 heavy (non-hydrogen) atoms. The summed E-state index contributed by atoms with van der Waals surface area (Å²) >= 11 is 3.12. The monoisotopic (exact) mass is 346 g/mol. The Hall–Kier alpha value is -1.86. The summed E-state index contributed by atoms with van der Waals surface area (Å²) in [5.41, 5.74) is 3.95. The predicted molar refractivity (Wildman–Crippen MR) is 94.8 cm³/mol. The molecule has 0 aliphatic heterocycles. The fourth-order valence-corrected chi connectivity index (χ4v) is 4.50. The second kappa shape index (κ2) is 6.72. The fraction of sp³-hybridized carbons (Fsp3) is 0.312. The largest absolute Gasteiger partial charge is 0.351 e. The molecule has 7 heteroatoms. The summed E-state index contributed by atoms with van der Waals surface area (Å²) in [5.74, 6) is 0.00857. The zero-order valence-corrected chi connectivity index (χ0v) is 14.8. The van der Waals surface area contributed by atoms with Gasteiger partial charge in [0.15, 0.2) is 4.34 Å². The van der Waals surface area contributed by atoms with Crippen LogP contribution in [0.15, 0.2) is 28.6 Å². The Morgan fingerprint density at radius 2 is 2.17 bits per heavy atom. The molecule has 5 nitrogen and oxygen atoms in total. The van der Waals surface area contributed by atoms with Crippen LogP contribution in [0.2, 0.25) is 0 Å². The first-order chi connectivity index (χ1) is 11.0. The van der Waals surface area contributed by atoms with Gasteiger partial charge in [0, 0.05) is 17.8 Å². The second-order valence-corrected chi connectivity index (χ2v) is 7.96. The number of aromatic amines is 1. The minimum atomic E-state index is -0.192. The molecule has 0 aliphatic carbocycles. The van der Waals surface area contributed by atoms with Gasteiger partial charge in [-0.15, -0.1) is 11.3 Å². The molecule has 2 N–H and O–H groups in total. The number of thioether (sulfide) groups is 1. The van der Waals surface area contributed by atoms with E-state index in [2.05, 4.69) is 20.5 Å². The average molecular weight is 346 g/mol. The molecule has 1 aromatic carbocycles. The number of carbonyl (C=O) groups is 1. The number of aryl methyl sites for hydroxylation is 2. The molecule has 0 fully saturated rings. The van der Waals surface area contributed by atoms with Crippen molar-refractivity contribution in [3.63, 3.8) is 0 Å². The molecule has 3 rings (SSSR count). The zero-order valence-electron chi connectivity index (χ0n) is 13.2. The highest BCUT2D eigenvalue weighted by atomic mass is 32.2. The maximum atomic E-state index is 12.3. The first-order valence-corrected chi connectivity index (χ1v) is 9.04. The van der Waals surface area contributed by atoms with E-state index in [1.165, 1.54) is 11.8 Å². The van der Waals surface area contributed by atoms with Gasteiger partial charge in [0.2, 0.25) is 5.91 Å². The van der Waals surface area contributed by atoms with Crippen LogP contribution in [0.1, 0.15) is 23.9 Å². The first kappa shape index (κ1) is 16.0. The Kier molecular flexibility index (Phi) is 4.68. The molecule has 2 heterocycles. The molecular formula is C16H18N4OS2. The highest BCUT2D eigenvalue weighted by molar-refractivity contribution is 8.02. The number of amides is 1. The molecule has 0 spiro atoms. The molecule has 1 atom stereocenters. The van der Waals surface area contributed by atoms with Crippen LogP contribution in [-0.4, -0.2) is 26.3 Å². The maximum Gasteiger partial charge on any atom is 0.233 e. The average Bonchev–Trinajstić information content (AvgIpc) is 3.08. The van der Waals surface area contributed by atoms with Crippen molar-refractivity contribution < 1.29 is 4.79 Å². The van der Waals surface area contributed by atoms with Crippen molar-refractivity contribution in [2.45, 2.75) is 36.9 Å². The number of thiazole rings is 1. The number of para-hydroxylation sites is 1. The van der Waals surface area contributed by atoms with E-state index in [-0.39, 0.29) is 11.2 Å². The number of benzene rings is 1. The Bertz CT molecular complexity index is 787. The van der Waals surface area contributed by atoms with E-state index in [0.717, 1.165) is 31.5 Å². The Morgan fingerprint density at radius 3 is 2.87 bits per heavy atom. The van der Waals surface area contributed by atoms with Crippen molar-refractivity contribution in [3.05, 3.63) is 41.2 Å². The number of H-pyrrole nitrogens is 1. The van der Waals surface area contributed by atoms with Crippen LogP contribution in [0.5, 0.6) is 0 Å². The van der Waals surface area contributed by atoms with Crippen molar-refractivity contribution >= 4 is 39.2 Å². The van der Waals surface area contributed by atoms with Crippen LogP contribution in [0, 0.1) is 13.8 Å². The number of hydrogen-bond acceptors (Lipinski definition) is 5. The number of hydrogen-bond donors (Lipinski definition) is 2. The standard InChI is InChI=1S/C16H18N4OS2/c1-9-12(10(2)20-19-9)8-17-15(21)11(3)22-16-18-13-6-4-5-7-14(13)23-16/h4-7,11H,8H2,1-3H3,(H,17,21)(H,19,20)/t11-/m0/s1. The molecule has 0 bridgehead atoms. The van der Waals surface area contributed by atoms with Crippen LogP contribution >= 0.6 is 23.1 Å². The van der Waals surface area contributed by atoms with E-state index >= 15 is 0 Å². The van der Waals surface area contributed by atoms with Crippen molar-refractivity contribution in [3.8, 4) is 0 Å². The van der Waals surface area contributed by atoms with Gasteiger partial charge in [-0.3, -0.25) is 9.89 Å². The summed E-state index contributed by atoms with van der Waals surface area (Å²) in [7, 11) is 0. The van der Waals surface area contributed by atoms with Gasteiger partial charge in [-0.2, -0.15) is 5.10 Å². The highest BCUT2D eigenvalue weighted by Crippen LogP contribution is 2.31. The zero-order chi connectivity index (χ0) is 16.4. The van der Waals surface area contributed by atoms with Gasteiger partial charge >= 0.3 is 0 Å². The van der Waals surface area contributed by atoms with Crippen LogP contribution in [0.25, 0.3) is 10.2 Å². The molecule has 1 amide bonds. The van der Waals surface area contributed by atoms with Gasteiger partial charge in [-0.25, -0.2) is 4.98 Å². The molecular weight excluding hydrogens is 328 g/mol. The van der Waals surface area contributed by atoms with Crippen molar-refractivity contribution in [1.29, 1.82) is 0 Å². The SMILES string of the molecule is Cc1n[nH]c(C)c1CNC(=O)[C@H](C)Sc1nc2ccccc2s1. The van der Waals surface area contributed by atoms with Gasteiger partial charge in [0.25, 0.3) is 0 Å². The Balaban J connectivity index is 1.61. The van der Waals surface area contributed by atoms with Gasteiger partial charge < -0.3 is 5.32 Å². The summed E-state index contributed by atoms with van der Waals surface area (Å²) in [5, 5.41) is 9.86. The molecule has 0 saturated heterocycles.